The van der Waals surface area contributed by atoms with Gasteiger partial charge in [-0.1, -0.05) is 31.2 Å². The summed E-state index contributed by atoms with van der Waals surface area (Å²) in [6.45, 7) is 10.8. The summed E-state index contributed by atoms with van der Waals surface area (Å²) < 4.78 is 12.7. The lowest BCUT2D eigenvalue weighted by Crippen LogP contribution is -2.51. The Morgan fingerprint density at radius 2 is 1.25 bits per heavy atom. The van der Waals surface area contributed by atoms with Crippen molar-refractivity contribution in [2.24, 2.45) is 0 Å². The van der Waals surface area contributed by atoms with E-state index < -0.39 is 0 Å². The predicted octanol–water partition coefficient (Wildman–Crippen LogP) is 4.38. The van der Waals surface area contributed by atoms with Gasteiger partial charge in [-0.3, -0.25) is 0 Å². The molecule has 2 aromatic carbocycles. The summed E-state index contributed by atoms with van der Waals surface area (Å²) >= 11 is 0. The molecule has 0 bridgehead atoms. The molecule has 0 spiro atoms. The van der Waals surface area contributed by atoms with Crippen LogP contribution in [-0.2, 0) is 33.9 Å². The zero-order chi connectivity index (χ0) is 16.9. The quantitative estimate of drug-likeness (QED) is 0.726. The minimum Gasteiger partial charge on any atom is -0.403 e. The largest absolute Gasteiger partial charge is 0.469 e. The maximum absolute atomic E-state index is 6.37. The minimum absolute atomic E-state index is 0.0441. The van der Waals surface area contributed by atoms with E-state index in [9.17, 15) is 0 Å². The number of hydrogen-bond acceptors (Lipinski definition) is 2. The fraction of sp³-hybridized carbons (Fsp3) is 0.524. The number of rotatable bonds is 1. The summed E-state index contributed by atoms with van der Waals surface area (Å²) in [5, 5.41) is 2.72. The first-order valence-electron chi connectivity index (χ1n) is 9.14. The van der Waals surface area contributed by atoms with Gasteiger partial charge in [-0.15, -0.1) is 0 Å². The molecule has 3 aliphatic rings. The number of hydrogen-bond donors (Lipinski definition) is 0. The van der Waals surface area contributed by atoms with Crippen LogP contribution in [0.5, 0.6) is 0 Å². The molecule has 2 nitrogen and oxygen atoms in total. The van der Waals surface area contributed by atoms with Crippen molar-refractivity contribution in [3.63, 3.8) is 0 Å². The molecule has 0 aromatic heterocycles. The van der Waals surface area contributed by atoms with Crippen molar-refractivity contribution in [3.8, 4) is 0 Å². The molecule has 2 aliphatic carbocycles. The Balaban J connectivity index is 1.56. The molecule has 1 unspecified atom stereocenters. The zero-order valence-electron chi connectivity index (χ0n) is 15.3. The first-order valence-corrected chi connectivity index (χ1v) is 9.14. The van der Waals surface area contributed by atoms with Crippen molar-refractivity contribution in [3.05, 3.63) is 46.5 Å². The summed E-state index contributed by atoms with van der Waals surface area (Å²) in [7, 11) is -0.168. The standard InChI is InChI=1S/C21H25BO2/c1-19(2)20(3,4)24-22(23-19)21(5)12-17-10-15-8-13-6-7-14(13)9-16(15)11-18(17)21/h8-11H,6-7,12H2,1-5H3. The molecule has 0 amide bonds. The molecule has 124 valence electrons. The minimum atomic E-state index is -0.268. The molecule has 0 radical (unpaired) electrons. The van der Waals surface area contributed by atoms with Gasteiger partial charge in [-0.25, -0.2) is 0 Å². The van der Waals surface area contributed by atoms with Crippen LogP contribution < -0.4 is 0 Å². The number of fused-ring (bicyclic) bond motifs is 3. The third kappa shape index (κ3) is 1.75. The summed E-state index contributed by atoms with van der Waals surface area (Å²) in [6, 6.07) is 9.55. The highest BCUT2D eigenvalue weighted by Crippen LogP contribution is 2.50. The molecule has 0 saturated carbocycles. The van der Waals surface area contributed by atoms with E-state index in [-0.39, 0.29) is 23.6 Å². The van der Waals surface area contributed by atoms with Crippen molar-refractivity contribution in [1.82, 2.24) is 0 Å². The smallest absolute Gasteiger partial charge is 0.403 e. The molecule has 24 heavy (non-hydrogen) atoms. The Hall–Kier alpha value is -1.32. The van der Waals surface area contributed by atoms with Crippen LogP contribution in [0.2, 0.25) is 0 Å². The van der Waals surface area contributed by atoms with Crippen LogP contribution in [0.3, 0.4) is 0 Å². The van der Waals surface area contributed by atoms with Gasteiger partial charge in [-0.2, -0.15) is 0 Å². The van der Waals surface area contributed by atoms with Gasteiger partial charge in [-0.05, 0) is 80.0 Å². The molecule has 0 N–H and O–H groups in total. The van der Waals surface area contributed by atoms with Crippen LogP contribution in [0.15, 0.2) is 24.3 Å². The SMILES string of the molecule is CC1(B2OC(C)(C)C(C)(C)O2)Cc2cc3cc4c(cc3cc21)CC4. The lowest BCUT2D eigenvalue weighted by atomic mass is 9.45. The van der Waals surface area contributed by atoms with Gasteiger partial charge in [0.2, 0.25) is 0 Å². The van der Waals surface area contributed by atoms with Gasteiger partial charge in [0.1, 0.15) is 0 Å². The average molecular weight is 320 g/mol. The third-order valence-electron chi connectivity index (χ3n) is 6.99. The lowest BCUT2D eigenvalue weighted by Gasteiger charge is -2.42. The monoisotopic (exact) mass is 320 g/mol. The fourth-order valence-electron chi connectivity index (χ4n) is 4.42. The van der Waals surface area contributed by atoms with E-state index in [4.69, 9.17) is 9.31 Å². The van der Waals surface area contributed by atoms with E-state index in [0.717, 1.165) is 6.42 Å². The number of aryl methyl sites for hydroxylation is 2. The molecular weight excluding hydrogens is 295 g/mol. The van der Waals surface area contributed by atoms with Gasteiger partial charge in [0.15, 0.2) is 0 Å². The molecule has 1 heterocycles. The second-order valence-electron chi connectivity index (χ2n) is 9.16. The van der Waals surface area contributed by atoms with Gasteiger partial charge in [0.05, 0.1) is 11.2 Å². The fourth-order valence-corrected chi connectivity index (χ4v) is 4.42. The topological polar surface area (TPSA) is 18.5 Å². The maximum Gasteiger partial charge on any atom is 0.469 e. The van der Waals surface area contributed by atoms with E-state index >= 15 is 0 Å². The van der Waals surface area contributed by atoms with Gasteiger partial charge in [0, 0.05) is 5.31 Å². The van der Waals surface area contributed by atoms with Gasteiger partial charge >= 0.3 is 7.12 Å². The van der Waals surface area contributed by atoms with Crippen molar-refractivity contribution >= 4 is 17.9 Å². The van der Waals surface area contributed by atoms with Crippen molar-refractivity contribution in [2.75, 3.05) is 0 Å². The Bertz CT molecular complexity index is 867. The third-order valence-corrected chi connectivity index (χ3v) is 6.99. The molecule has 5 rings (SSSR count). The van der Waals surface area contributed by atoms with Crippen LogP contribution >= 0.6 is 0 Å². The molecule has 1 atom stereocenters. The van der Waals surface area contributed by atoms with E-state index in [2.05, 4.69) is 58.9 Å². The molecule has 1 fully saturated rings. The molecule has 1 saturated heterocycles. The predicted molar refractivity (Wildman–Crippen MR) is 98.5 cm³/mol. The first-order chi connectivity index (χ1) is 11.2. The normalized spacial score (nSPS) is 29.0. The van der Waals surface area contributed by atoms with Crippen molar-refractivity contribution in [2.45, 2.75) is 70.4 Å². The Labute approximate surface area is 144 Å². The Morgan fingerprint density at radius 1 is 0.750 bits per heavy atom. The lowest BCUT2D eigenvalue weighted by molar-refractivity contribution is 0.00578. The first kappa shape index (κ1) is 15.0. The van der Waals surface area contributed by atoms with E-state index in [1.807, 2.05) is 0 Å². The van der Waals surface area contributed by atoms with E-state index in [1.54, 1.807) is 0 Å². The molecule has 3 heteroatoms. The summed E-state index contributed by atoms with van der Waals surface area (Å²) in [5.41, 5.74) is 5.40. The molecule has 1 aliphatic heterocycles. The maximum atomic E-state index is 6.37. The van der Waals surface area contributed by atoms with E-state index in [0.29, 0.717) is 0 Å². The second-order valence-corrected chi connectivity index (χ2v) is 9.16. The van der Waals surface area contributed by atoms with Crippen LogP contribution in [0.1, 0.15) is 56.9 Å². The van der Waals surface area contributed by atoms with Crippen LogP contribution in [0.25, 0.3) is 10.8 Å². The summed E-state index contributed by atoms with van der Waals surface area (Å²) in [6.07, 6.45) is 3.51. The Kier molecular flexibility index (Phi) is 2.66. The molecular formula is C21H25BO2. The van der Waals surface area contributed by atoms with Crippen LogP contribution in [0.4, 0.5) is 0 Å². The second kappa shape index (κ2) is 4.26. The summed E-state index contributed by atoms with van der Waals surface area (Å²) in [4.78, 5) is 0. The Morgan fingerprint density at radius 3 is 1.79 bits per heavy atom. The van der Waals surface area contributed by atoms with Gasteiger partial charge < -0.3 is 9.31 Å². The van der Waals surface area contributed by atoms with Crippen LogP contribution in [-0.4, -0.2) is 18.3 Å². The highest BCUT2D eigenvalue weighted by Gasteiger charge is 2.61. The van der Waals surface area contributed by atoms with Gasteiger partial charge in [0.25, 0.3) is 0 Å². The van der Waals surface area contributed by atoms with Crippen molar-refractivity contribution < 1.29 is 9.31 Å². The highest BCUT2D eigenvalue weighted by atomic mass is 16.7. The zero-order valence-corrected chi connectivity index (χ0v) is 15.3. The van der Waals surface area contributed by atoms with Crippen LogP contribution in [0, 0.1) is 0 Å². The summed E-state index contributed by atoms with van der Waals surface area (Å²) in [5.74, 6) is 0. The highest BCUT2D eigenvalue weighted by molar-refractivity contribution is 6.50. The average Bonchev–Trinajstić information content (AvgIpc) is 2.68. The molecule has 2 aromatic rings. The number of benzene rings is 2. The van der Waals surface area contributed by atoms with E-state index in [1.165, 1.54) is 45.9 Å². The van der Waals surface area contributed by atoms with Crippen molar-refractivity contribution in [1.29, 1.82) is 0 Å².